The number of aliphatic hydroxyl groups excluding tert-OH is 28. The highest BCUT2D eigenvalue weighted by Crippen LogP contribution is 2.31. The predicted octanol–water partition coefficient (Wildman–Crippen LogP) is 4.34. The zero-order chi connectivity index (χ0) is 94.5. The van der Waals surface area contributed by atoms with Crippen molar-refractivity contribution in [1.29, 1.82) is 0 Å². The van der Waals surface area contributed by atoms with Crippen molar-refractivity contribution in [2.45, 2.75) is 327 Å². The maximum atomic E-state index is 11.3. The molecular formula is C64H136Br4Cl8F8O28S2. The Labute approximate surface area is 751 Å². The number of hydrogen-bond acceptors (Lipinski definition) is 30. The lowest BCUT2D eigenvalue weighted by atomic mass is 10.1. The van der Waals surface area contributed by atoms with Crippen molar-refractivity contribution in [3.05, 3.63) is 0 Å². The molecule has 0 radical (unpaired) electrons. The molecule has 28 atom stereocenters. The van der Waals surface area contributed by atoms with E-state index in [4.69, 9.17) is 236 Å². The van der Waals surface area contributed by atoms with Crippen molar-refractivity contribution in [3.8, 4) is 0 Å². The first-order valence-electron chi connectivity index (χ1n) is 34.6. The summed E-state index contributed by atoms with van der Waals surface area (Å²) in [5.74, 6) is 0.646. The zero-order valence-corrected chi connectivity index (χ0v) is 79.6. The molecule has 114 heavy (non-hydrogen) atoms. The molecule has 28 N–H and O–H groups in total. The third-order valence-corrected chi connectivity index (χ3v) is 18.7. The molecule has 28 nitrogen and oxygen atoms in total. The summed E-state index contributed by atoms with van der Waals surface area (Å²) in [7, 11) is 0. The lowest BCUT2D eigenvalue weighted by Gasteiger charge is -2.21. The molecule has 712 valence electrons. The molecule has 50 heteroatoms. The van der Waals surface area contributed by atoms with Gasteiger partial charge in [-0.2, -0.15) is 51.6 Å². The van der Waals surface area contributed by atoms with Gasteiger partial charge >= 0.3 is 12.4 Å². The van der Waals surface area contributed by atoms with Crippen LogP contribution in [0.3, 0.4) is 0 Å². The zero-order valence-electron chi connectivity index (χ0n) is 65.4. The van der Waals surface area contributed by atoms with Crippen molar-refractivity contribution >= 4 is 182 Å². The molecular weight excluding hydrogens is 2040 g/mol. The number of halogens is 20. The molecule has 0 aromatic carbocycles. The first-order valence-corrected chi connectivity index (χ1v) is 44.2. The van der Waals surface area contributed by atoms with Crippen LogP contribution in [0, 0.1) is 0 Å². The molecule has 0 aromatic rings. The van der Waals surface area contributed by atoms with E-state index in [9.17, 15) is 35.1 Å². The standard InChI is InChI=1S/4C6H14O2.2C4H8Br2O2.C4H6Cl4O2.2C4H8Cl2O2.C4H4F6O2.C4H8F2O2.C4H10O2S2.2C4H10O2/c4*1-3-5(7)6(8)4-2;2*5-1-3(7)4(8)2-6;5-3(6)1(9)2(10)4(7)8;2*5-1-3(7)4(8)2-6;5-3(6,7)1(11)2(12)4(8,9)10;5-1-3(7)4(8)2-6;5-3(1-7)4(6)2-8;2*1-3(5)4(2)6/h4*5-8H,3-4H2,1-2H3;2*3-4,7-8H,1-2H2;1-4,9-10H;2*3-4,7-8H,1-2H2;1-2,11-12H;3-4,7-8H,1-2H2;3-8H,1-2H2;2*3-6H,1-2H3/t4*5-,6-;2*3-,4-;1-,2-;2*3-,4-;1-,2-;4*3-,4-/m11111101101100/s1. The predicted molar refractivity (Wildman–Crippen MR) is 454 cm³/mol. The Kier molecular flexibility index (Phi) is 128. The van der Waals surface area contributed by atoms with Gasteiger partial charge in [0.1, 0.15) is 47.4 Å². The third-order valence-electron chi connectivity index (χ3n) is 13.0. The highest BCUT2D eigenvalue weighted by Gasteiger charge is 2.54. The second kappa shape index (κ2) is 98.4. The van der Waals surface area contributed by atoms with Crippen molar-refractivity contribution in [1.82, 2.24) is 0 Å². The fraction of sp³-hybridized carbons (Fsp3) is 1.00. The minimum atomic E-state index is -5.48. The van der Waals surface area contributed by atoms with E-state index in [0.29, 0.717) is 72.7 Å². The van der Waals surface area contributed by atoms with Crippen LogP contribution in [0.5, 0.6) is 0 Å². The van der Waals surface area contributed by atoms with Gasteiger partial charge in [-0.25, -0.2) is 8.78 Å². The van der Waals surface area contributed by atoms with Crippen LogP contribution in [-0.2, 0) is 0 Å². The highest BCUT2D eigenvalue weighted by molar-refractivity contribution is 9.09. The van der Waals surface area contributed by atoms with Gasteiger partial charge in [0.05, 0.1) is 158 Å². The van der Waals surface area contributed by atoms with E-state index < -0.39 is 206 Å². The van der Waals surface area contributed by atoms with E-state index in [1.165, 1.54) is 0 Å². The van der Waals surface area contributed by atoms with Crippen molar-refractivity contribution in [2.24, 2.45) is 0 Å². The Morgan fingerprint density at radius 2 is 0.386 bits per heavy atom. The molecule has 0 aliphatic rings. The van der Waals surface area contributed by atoms with E-state index in [2.05, 4.69) is 89.0 Å². The maximum absolute atomic E-state index is 11.3. The second-order valence-corrected chi connectivity index (χ2v) is 30.0. The van der Waals surface area contributed by atoms with Gasteiger partial charge in [-0.15, -0.1) is 92.8 Å². The van der Waals surface area contributed by atoms with E-state index in [1.54, 1.807) is 27.7 Å². The fourth-order valence-electron chi connectivity index (χ4n) is 4.10. The molecule has 0 heterocycles. The summed E-state index contributed by atoms with van der Waals surface area (Å²) in [6.07, 6.45) is -33.5. The smallest absolute Gasteiger partial charge is 0.391 e. The van der Waals surface area contributed by atoms with Gasteiger partial charge in [-0.1, -0.05) is 119 Å². The van der Waals surface area contributed by atoms with Crippen LogP contribution in [-0.4, -0.2) is 406 Å². The lowest BCUT2D eigenvalue weighted by molar-refractivity contribution is -0.293. The van der Waals surface area contributed by atoms with Gasteiger partial charge in [0, 0.05) is 32.8 Å². The first kappa shape index (κ1) is 149. The molecule has 0 aromatic heterocycles. The van der Waals surface area contributed by atoms with E-state index in [1.807, 2.05) is 55.4 Å². The summed E-state index contributed by atoms with van der Waals surface area (Å²) >= 11 is 61.1. The number of alkyl halides is 20. The van der Waals surface area contributed by atoms with Gasteiger partial charge in [0.2, 0.25) is 0 Å². The molecule has 0 rings (SSSR count). The van der Waals surface area contributed by atoms with Gasteiger partial charge in [-0.3, -0.25) is 0 Å². The molecule has 0 spiro atoms. The average molecular weight is 2170 g/mol. The van der Waals surface area contributed by atoms with Crippen molar-refractivity contribution in [2.75, 3.05) is 69.7 Å². The summed E-state index contributed by atoms with van der Waals surface area (Å²) in [4.78, 5) is -2.18. The number of rotatable bonds is 36. The summed E-state index contributed by atoms with van der Waals surface area (Å²) in [5, 5.41) is 244. The molecule has 0 aliphatic heterocycles. The first-order chi connectivity index (χ1) is 52.0. The fourth-order valence-corrected chi connectivity index (χ4v) is 7.74. The Morgan fingerprint density at radius 3 is 0.447 bits per heavy atom. The maximum Gasteiger partial charge on any atom is 0.417 e. The Bertz CT molecular complexity index is 1460. The van der Waals surface area contributed by atoms with E-state index >= 15 is 0 Å². The number of thiol groups is 2. The number of hydrogen-bond donors (Lipinski definition) is 30. The Morgan fingerprint density at radius 1 is 0.254 bits per heavy atom. The molecule has 0 saturated heterocycles. The minimum absolute atomic E-state index is 0.0217. The van der Waals surface area contributed by atoms with Crippen LogP contribution in [0.2, 0.25) is 0 Å². The van der Waals surface area contributed by atoms with Crippen LogP contribution in [0.4, 0.5) is 35.1 Å². The van der Waals surface area contributed by atoms with Crippen molar-refractivity contribution < 1.29 is 178 Å². The van der Waals surface area contributed by atoms with Gasteiger partial charge < -0.3 is 143 Å². The Balaban J connectivity index is -0.0000000789. The topological polar surface area (TPSA) is 566 Å². The van der Waals surface area contributed by atoms with Crippen LogP contribution in [0.25, 0.3) is 0 Å². The molecule has 0 bridgehead atoms. The highest BCUT2D eigenvalue weighted by atomic mass is 79.9. The molecule has 0 amide bonds. The van der Waals surface area contributed by atoms with Gasteiger partial charge in [-0.05, 0) is 79.1 Å². The molecule has 0 fully saturated rings. The van der Waals surface area contributed by atoms with E-state index in [0.717, 1.165) is 0 Å². The van der Waals surface area contributed by atoms with Gasteiger partial charge in [0.15, 0.2) is 12.2 Å². The second-order valence-electron chi connectivity index (χ2n) is 23.1. The van der Waals surface area contributed by atoms with Gasteiger partial charge in [0.25, 0.3) is 0 Å². The average Bonchev–Trinajstić information content (AvgIpc) is 0.843. The molecule has 0 aliphatic carbocycles. The lowest BCUT2D eigenvalue weighted by Crippen LogP contribution is -2.47. The molecule has 0 unspecified atom stereocenters. The minimum Gasteiger partial charge on any atom is -0.391 e. The molecule has 0 saturated carbocycles. The monoisotopic (exact) mass is 2160 g/mol. The summed E-state index contributed by atoms with van der Waals surface area (Å²) < 4.78 is 90.4. The van der Waals surface area contributed by atoms with Crippen LogP contribution in [0.15, 0.2) is 0 Å². The summed E-state index contributed by atoms with van der Waals surface area (Å²) in [6, 6.07) is 0. The van der Waals surface area contributed by atoms with Crippen LogP contribution in [0.1, 0.15) is 134 Å². The van der Waals surface area contributed by atoms with Crippen LogP contribution < -0.4 is 0 Å². The normalized spacial score (nSPS) is 18.3. The van der Waals surface area contributed by atoms with E-state index in [-0.39, 0.29) is 35.0 Å². The quantitative estimate of drug-likeness (QED) is 0.0236. The summed E-state index contributed by atoms with van der Waals surface area (Å²) in [6.45, 7) is 18.8. The SMILES string of the molecule is CC[C@@H](O)[C@H](O)CC.CC[C@@H](O)[C@H](O)CC.CC[C@@H](O)[C@H](O)CC.CC[C@@H](O)[C@H](O)CC.C[C@H](O)[C@H](C)O.C[C@H](O)[C@H](C)O.O[C@@H]([C@H](O)C(F)(F)F)C(F)(F)F.O[C@H](C(Cl)Cl)[C@H](O)C(Cl)Cl.O[C@H](CBr)[C@H](O)CBr.O[C@H](CBr)[C@H](O)CBr.O[C@H](CCl)[C@H](O)CCl.O[C@H](CCl)[C@H](O)CCl.O[C@H](CF)[C@H](O)CF.O[C@H](CS)[C@H](O)CS. The Hall–Kier alpha value is 3.26. The summed E-state index contributed by atoms with van der Waals surface area (Å²) in [5.41, 5.74) is 0. The van der Waals surface area contributed by atoms with Crippen molar-refractivity contribution in [3.63, 3.8) is 0 Å². The van der Waals surface area contributed by atoms with Crippen LogP contribution >= 0.6 is 182 Å². The largest absolute Gasteiger partial charge is 0.417 e. The third kappa shape index (κ3) is 106. The number of aliphatic hydroxyl groups is 28.